The van der Waals surface area contributed by atoms with Crippen LogP contribution in [0.1, 0.15) is 0 Å². The fraction of sp³-hybridized carbons (Fsp3) is 0. The van der Waals surface area contributed by atoms with Gasteiger partial charge in [0, 0.05) is 16.8 Å². The van der Waals surface area contributed by atoms with Gasteiger partial charge in [0.2, 0.25) is 0 Å². The minimum Gasteiger partial charge on any atom is -0.398 e. The highest BCUT2D eigenvalue weighted by Gasteiger charge is 2.02. The van der Waals surface area contributed by atoms with Crippen molar-refractivity contribution in [2.75, 3.05) is 11.5 Å². The van der Waals surface area contributed by atoms with Gasteiger partial charge in [-0.2, -0.15) is 0 Å². The minimum atomic E-state index is 0.579. The van der Waals surface area contributed by atoms with Crippen LogP contribution in [-0.4, -0.2) is 0 Å². The van der Waals surface area contributed by atoms with Crippen molar-refractivity contribution in [3.8, 4) is 0 Å². The highest BCUT2D eigenvalue weighted by molar-refractivity contribution is 6.01. The first-order valence-electron chi connectivity index (χ1n) is 4.17. The van der Waals surface area contributed by atoms with Crippen molar-refractivity contribution >= 4 is 27.8 Å². The second-order valence-corrected chi connectivity index (χ2v) is 3.09. The molecule has 0 aromatic heterocycles. The van der Waals surface area contributed by atoms with Gasteiger partial charge in [-0.3, -0.25) is 0 Å². The van der Waals surface area contributed by atoms with Crippen molar-refractivity contribution < 1.29 is 0 Å². The number of nitrogens with zero attached hydrogens (tertiary/aromatic N) is 1. The number of nitrogens with two attached hydrogens (primary N) is 2. The van der Waals surface area contributed by atoms with Crippen LogP contribution >= 0.6 is 0 Å². The number of hydrogen-bond donors (Lipinski definition) is 2. The molecule has 0 unspecified atom stereocenters. The van der Waals surface area contributed by atoms with Crippen LogP contribution in [0.3, 0.4) is 0 Å². The van der Waals surface area contributed by atoms with Crippen molar-refractivity contribution in [1.82, 2.24) is 0 Å². The maximum Gasteiger partial charge on any atom is 0.187 e. The molecular formula is C11H9N3. The normalized spacial score (nSPS) is 9.93. The monoisotopic (exact) mass is 183 g/mol. The van der Waals surface area contributed by atoms with Crippen LogP contribution < -0.4 is 11.5 Å². The van der Waals surface area contributed by atoms with E-state index in [1.807, 2.05) is 6.07 Å². The smallest absolute Gasteiger partial charge is 0.187 e. The average Bonchev–Trinajstić information content (AvgIpc) is 2.23. The van der Waals surface area contributed by atoms with Gasteiger partial charge >= 0.3 is 0 Å². The maximum atomic E-state index is 6.90. The molecule has 2 aromatic rings. The third-order valence-electron chi connectivity index (χ3n) is 2.20. The van der Waals surface area contributed by atoms with E-state index in [-0.39, 0.29) is 0 Å². The van der Waals surface area contributed by atoms with Gasteiger partial charge in [0.15, 0.2) is 5.69 Å². The summed E-state index contributed by atoms with van der Waals surface area (Å²) in [4.78, 5) is 3.35. The highest BCUT2D eigenvalue weighted by Crippen LogP contribution is 2.29. The fourth-order valence-corrected chi connectivity index (χ4v) is 1.45. The van der Waals surface area contributed by atoms with Gasteiger partial charge in [-0.25, -0.2) is 4.85 Å². The molecule has 0 aliphatic rings. The third kappa shape index (κ3) is 1.14. The molecule has 2 aromatic carbocycles. The van der Waals surface area contributed by atoms with Crippen LogP contribution in [0, 0.1) is 6.57 Å². The molecule has 0 heterocycles. The zero-order valence-electron chi connectivity index (χ0n) is 7.49. The van der Waals surface area contributed by atoms with E-state index in [0.29, 0.717) is 17.1 Å². The first-order valence-corrected chi connectivity index (χ1v) is 4.17. The Morgan fingerprint density at radius 3 is 2.21 bits per heavy atom. The van der Waals surface area contributed by atoms with E-state index in [1.54, 1.807) is 24.3 Å². The number of benzene rings is 2. The van der Waals surface area contributed by atoms with Crippen molar-refractivity contribution in [3.63, 3.8) is 0 Å². The second-order valence-electron chi connectivity index (χ2n) is 3.09. The molecule has 3 heteroatoms. The number of anilines is 2. The summed E-state index contributed by atoms with van der Waals surface area (Å²) in [6, 6.07) is 8.86. The number of hydrogen-bond acceptors (Lipinski definition) is 2. The van der Waals surface area contributed by atoms with E-state index in [0.717, 1.165) is 10.8 Å². The molecule has 0 atom stereocenters. The zero-order chi connectivity index (χ0) is 10.1. The predicted octanol–water partition coefficient (Wildman–Crippen LogP) is 2.55. The molecule has 0 amide bonds. The molecule has 0 bridgehead atoms. The predicted molar refractivity (Wildman–Crippen MR) is 59.0 cm³/mol. The van der Waals surface area contributed by atoms with Gasteiger partial charge in [-0.05, 0) is 23.6 Å². The Hall–Kier alpha value is -2.21. The average molecular weight is 183 g/mol. The summed E-state index contributed by atoms with van der Waals surface area (Å²) in [7, 11) is 0. The molecule has 68 valence electrons. The number of nitrogen functional groups attached to an aromatic ring is 2. The van der Waals surface area contributed by atoms with Gasteiger partial charge in [0.25, 0.3) is 0 Å². The molecule has 0 spiro atoms. The van der Waals surface area contributed by atoms with Crippen LogP contribution in [0.4, 0.5) is 17.1 Å². The van der Waals surface area contributed by atoms with Gasteiger partial charge in [-0.15, -0.1) is 0 Å². The largest absolute Gasteiger partial charge is 0.398 e. The molecule has 4 N–H and O–H groups in total. The lowest BCUT2D eigenvalue weighted by molar-refractivity contribution is 1.71. The standard InChI is InChI=1S/C11H9N3/c1-14-7-2-3-8-9(6-7)11(13)5-4-10(8)12/h2-6H,12-13H2. The van der Waals surface area contributed by atoms with E-state index < -0.39 is 0 Å². The molecular weight excluding hydrogens is 174 g/mol. The molecule has 0 aliphatic carbocycles. The van der Waals surface area contributed by atoms with Crippen LogP contribution in [0.25, 0.3) is 15.6 Å². The van der Waals surface area contributed by atoms with E-state index in [2.05, 4.69) is 4.85 Å². The molecule has 2 rings (SSSR count). The van der Waals surface area contributed by atoms with E-state index in [1.165, 1.54) is 0 Å². The Morgan fingerprint density at radius 2 is 1.57 bits per heavy atom. The van der Waals surface area contributed by atoms with Crippen molar-refractivity contribution in [2.24, 2.45) is 0 Å². The Morgan fingerprint density at radius 1 is 0.929 bits per heavy atom. The topological polar surface area (TPSA) is 56.4 Å². The summed E-state index contributed by atoms with van der Waals surface area (Å²) in [6.07, 6.45) is 0. The second kappa shape index (κ2) is 2.93. The van der Waals surface area contributed by atoms with Crippen molar-refractivity contribution in [1.29, 1.82) is 0 Å². The highest BCUT2D eigenvalue weighted by atomic mass is 14.6. The van der Waals surface area contributed by atoms with Gasteiger partial charge in [0.05, 0.1) is 6.57 Å². The van der Waals surface area contributed by atoms with Gasteiger partial charge in [0.1, 0.15) is 0 Å². The lowest BCUT2D eigenvalue weighted by Gasteiger charge is -2.05. The molecule has 0 fully saturated rings. The molecule has 0 aliphatic heterocycles. The summed E-state index contributed by atoms with van der Waals surface area (Å²) in [6.45, 7) is 6.90. The Balaban J connectivity index is 2.89. The quantitative estimate of drug-likeness (QED) is 0.487. The van der Waals surface area contributed by atoms with Crippen LogP contribution in [0.5, 0.6) is 0 Å². The van der Waals surface area contributed by atoms with Crippen LogP contribution in [0.15, 0.2) is 30.3 Å². The zero-order valence-corrected chi connectivity index (χ0v) is 7.49. The molecule has 0 saturated carbocycles. The summed E-state index contributed by atoms with van der Waals surface area (Å²) >= 11 is 0. The summed E-state index contributed by atoms with van der Waals surface area (Å²) in [5, 5.41) is 1.75. The Kier molecular flexibility index (Phi) is 1.76. The third-order valence-corrected chi connectivity index (χ3v) is 2.20. The van der Waals surface area contributed by atoms with Gasteiger partial charge < -0.3 is 11.5 Å². The summed E-state index contributed by atoms with van der Waals surface area (Å²) in [5.41, 5.74) is 13.5. The lowest BCUT2D eigenvalue weighted by atomic mass is 10.1. The van der Waals surface area contributed by atoms with Crippen molar-refractivity contribution in [3.05, 3.63) is 41.7 Å². The van der Waals surface area contributed by atoms with Crippen LogP contribution in [0.2, 0.25) is 0 Å². The minimum absolute atomic E-state index is 0.579. The number of fused-ring (bicyclic) bond motifs is 1. The van der Waals surface area contributed by atoms with E-state index in [9.17, 15) is 0 Å². The molecule has 14 heavy (non-hydrogen) atoms. The van der Waals surface area contributed by atoms with E-state index in [4.69, 9.17) is 18.0 Å². The Labute approximate surface area is 81.8 Å². The molecule has 0 radical (unpaired) electrons. The van der Waals surface area contributed by atoms with Gasteiger partial charge in [-0.1, -0.05) is 12.1 Å². The molecule has 0 saturated heterocycles. The fourth-order valence-electron chi connectivity index (χ4n) is 1.45. The molecule has 3 nitrogen and oxygen atoms in total. The number of rotatable bonds is 0. The lowest BCUT2D eigenvalue weighted by Crippen LogP contribution is -1.91. The van der Waals surface area contributed by atoms with Crippen molar-refractivity contribution in [2.45, 2.75) is 0 Å². The first-order chi connectivity index (χ1) is 6.72. The first kappa shape index (κ1) is 8.39. The summed E-state index contributed by atoms with van der Waals surface area (Å²) in [5.74, 6) is 0. The maximum absolute atomic E-state index is 6.90. The SMILES string of the molecule is [C-]#[N+]c1ccc2c(N)ccc(N)c2c1. The van der Waals surface area contributed by atoms with E-state index >= 15 is 0 Å². The summed E-state index contributed by atoms with van der Waals surface area (Å²) < 4.78 is 0. The Bertz CT molecular complexity index is 538. The van der Waals surface area contributed by atoms with Crippen LogP contribution in [-0.2, 0) is 0 Å².